The van der Waals surface area contributed by atoms with Crippen LogP contribution in [0, 0.1) is 0 Å². The van der Waals surface area contributed by atoms with Gasteiger partial charge < -0.3 is 20.4 Å². The number of primary amides is 1. The van der Waals surface area contributed by atoms with E-state index in [1.165, 1.54) is 11.3 Å². The number of carbonyl (C=O) groups is 3. The number of carbonyl (C=O) groups excluding carboxylic acids is 3. The Morgan fingerprint density at radius 3 is 2.80 bits per heavy atom. The van der Waals surface area contributed by atoms with Crippen LogP contribution >= 0.6 is 11.3 Å². The number of esters is 1. The van der Waals surface area contributed by atoms with Crippen LogP contribution < -0.4 is 16.6 Å². The van der Waals surface area contributed by atoms with E-state index in [1.54, 1.807) is 4.57 Å². The quantitative estimate of drug-likeness (QED) is 0.415. The zero-order valence-corrected chi connectivity index (χ0v) is 20.4. The summed E-state index contributed by atoms with van der Waals surface area (Å²) in [5.74, 6) is -1.74. The van der Waals surface area contributed by atoms with Crippen molar-refractivity contribution in [2.75, 3.05) is 11.9 Å². The Labute approximate surface area is 206 Å². The van der Waals surface area contributed by atoms with E-state index >= 15 is 0 Å². The Balaban J connectivity index is 1.36. The first-order chi connectivity index (χ1) is 16.9. The number of nitrogens with zero attached hydrogens (tertiary/aromatic N) is 2. The molecule has 184 valence electrons. The molecule has 9 nitrogen and oxygen atoms in total. The number of benzene rings is 1. The Hall–Kier alpha value is -3.53. The molecule has 3 aromatic rings. The number of unbranched alkanes of at least 4 members (excludes halogenated alkanes) is 1. The highest BCUT2D eigenvalue weighted by Crippen LogP contribution is 2.38. The lowest BCUT2D eigenvalue weighted by atomic mass is 10.1. The van der Waals surface area contributed by atoms with Gasteiger partial charge in [-0.05, 0) is 43.4 Å². The molecule has 2 amide bonds. The predicted molar refractivity (Wildman–Crippen MR) is 134 cm³/mol. The summed E-state index contributed by atoms with van der Waals surface area (Å²) in [4.78, 5) is 55.0. The third kappa shape index (κ3) is 5.43. The number of fused-ring (bicyclic) bond motifs is 2. The van der Waals surface area contributed by atoms with Crippen LogP contribution in [0.15, 0.2) is 29.1 Å². The van der Waals surface area contributed by atoms with Crippen LogP contribution in [0.5, 0.6) is 0 Å². The maximum absolute atomic E-state index is 13.0. The summed E-state index contributed by atoms with van der Waals surface area (Å²) in [5.41, 5.74) is 8.30. The lowest BCUT2D eigenvalue weighted by molar-refractivity contribution is -0.147. The van der Waals surface area contributed by atoms with Crippen LogP contribution in [0.1, 0.15) is 59.1 Å². The van der Waals surface area contributed by atoms with E-state index in [-0.39, 0.29) is 18.4 Å². The number of aromatic nitrogens is 2. The van der Waals surface area contributed by atoms with Gasteiger partial charge >= 0.3 is 5.97 Å². The molecular weight excluding hydrogens is 468 g/mol. The van der Waals surface area contributed by atoms with Gasteiger partial charge in [0.1, 0.15) is 10.7 Å². The number of rotatable bonds is 10. The average Bonchev–Trinajstić information content (AvgIpc) is 3.41. The third-order valence-electron chi connectivity index (χ3n) is 6.01. The lowest BCUT2D eigenvalue weighted by Crippen LogP contribution is -2.27. The highest BCUT2D eigenvalue weighted by molar-refractivity contribution is 7.17. The molecule has 1 aliphatic carbocycles. The van der Waals surface area contributed by atoms with Gasteiger partial charge in [-0.25, -0.2) is 4.98 Å². The monoisotopic (exact) mass is 496 g/mol. The van der Waals surface area contributed by atoms with E-state index < -0.39 is 24.4 Å². The molecule has 35 heavy (non-hydrogen) atoms. The topological polar surface area (TPSA) is 133 Å². The van der Waals surface area contributed by atoms with Gasteiger partial charge in [0.2, 0.25) is 0 Å². The molecule has 2 aromatic heterocycles. The Morgan fingerprint density at radius 2 is 2.03 bits per heavy atom. The highest BCUT2D eigenvalue weighted by Gasteiger charge is 2.26. The van der Waals surface area contributed by atoms with Gasteiger partial charge in [-0.15, -0.1) is 11.3 Å². The second-order valence-electron chi connectivity index (χ2n) is 8.49. The van der Waals surface area contributed by atoms with Crippen molar-refractivity contribution in [1.82, 2.24) is 9.55 Å². The Morgan fingerprint density at radius 1 is 1.23 bits per heavy atom. The van der Waals surface area contributed by atoms with Gasteiger partial charge in [-0.1, -0.05) is 25.5 Å². The van der Waals surface area contributed by atoms with Crippen molar-refractivity contribution in [2.45, 2.75) is 58.4 Å². The first-order valence-electron chi connectivity index (χ1n) is 11.8. The molecular formula is C25H28N4O5S. The van der Waals surface area contributed by atoms with Crippen molar-refractivity contribution >= 4 is 45.2 Å². The van der Waals surface area contributed by atoms with Crippen molar-refractivity contribution in [3.63, 3.8) is 0 Å². The van der Waals surface area contributed by atoms with E-state index in [2.05, 4.69) is 17.2 Å². The largest absolute Gasteiger partial charge is 0.456 e. The van der Waals surface area contributed by atoms with Crippen molar-refractivity contribution < 1.29 is 19.1 Å². The van der Waals surface area contributed by atoms with Crippen LogP contribution in [0.3, 0.4) is 0 Å². The van der Waals surface area contributed by atoms with Gasteiger partial charge in [0, 0.05) is 17.8 Å². The average molecular weight is 497 g/mol. The minimum atomic E-state index is -0.613. The number of hydrogen-bond acceptors (Lipinski definition) is 7. The van der Waals surface area contributed by atoms with Gasteiger partial charge in [0.05, 0.1) is 23.0 Å². The zero-order valence-electron chi connectivity index (χ0n) is 19.6. The van der Waals surface area contributed by atoms with Crippen LogP contribution in [0.2, 0.25) is 0 Å². The molecule has 2 heterocycles. The molecule has 0 spiro atoms. The van der Waals surface area contributed by atoms with Crippen LogP contribution in [-0.4, -0.2) is 33.9 Å². The van der Waals surface area contributed by atoms with E-state index in [4.69, 9.17) is 10.5 Å². The third-order valence-corrected chi connectivity index (χ3v) is 7.21. The first kappa shape index (κ1) is 24.6. The van der Waals surface area contributed by atoms with Crippen molar-refractivity contribution in [3.05, 3.63) is 56.3 Å². The number of para-hydroxylation sites is 2. The van der Waals surface area contributed by atoms with Crippen molar-refractivity contribution in [2.24, 2.45) is 5.73 Å². The number of amides is 2. The SMILES string of the molecule is CCCCn1c(=O)c(CCC(=O)OCC(=O)Nc2sc3c(c2C(N)=O)CCC3)nc2ccccc21. The van der Waals surface area contributed by atoms with Gasteiger partial charge in [0.25, 0.3) is 17.4 Å². The molecule has 0 atom stereocenters. The molecule has 4 rings (SSSR count). The maximum atomic E-state index is 13.0. The van der Waals surface area contributed by atoms with Crippen molar-refractivity contribution in [3.8, 4) is 0 Å². The minimum Gasteiger partial charge on any atom is -0.456 e. The molecule has 0 saturated carbocycles. The number of thiophene rings is 1. The summed E-state index contributed by atoms with van der Waals surface area (Å²) in [7, 11) is 0. The highest BCUT2D eigenvalue weighted by atomic mass is 32.1. The Bertz CT molecular complexity index is 1340. The van der Waals surface area contributed by atoms with Gasteiger partial charge in [-0.2, -0.15) is 0 Å². The van der Waals surface area contributed by atoms with Crippen LogP contribution in [-0.2, 0) is 40.1 Å². The molecule has 10 heteroatoms. The van der Waals surface area contributed by atoms with Gasteiger partial charge in [0.15, 0.2) is 6.61 Å². The molecule has 0 aliphatic heterocycles. The fraction of sp³-hybridized carbons (Fsp3) is 0.400. The number of nitrogens with one attached hydrogen (secondary N) is 1. The van der Waals surface area contributed by atoms with E-state index in [0.717, 1.165) is 48.1 Å². The second-order valence-corrected chi connectivity index (χ2v) is 9.60. The molecule has 0 fully saturated rings. The van der Waals surface area contributed by atoms with E-state index in [9.17, 15) is 19.2 Å². The van der Waals surface area contributed by atoms with E-state index in [0.29, 0.717) is 28.3 Å². The number of anilines is 1. The summed E-state index contributed by atoms with van der Waals surface area (Å²) < 4.78 is 6.80. The molecule has 0 bridgehead atoms. The number of hydrogen-bond donors (Lipinski definition) is 2. The molecule has 0 saturated heterocycles. The minimum absolute atomic E-state index is 0.0819. The molecule has 0 unspecified atom stereocenters. The molecule has 3 N–H and O–H groups in total. The van der Waals surface area contributed by atoms with Crippen LogP contribution in [0.4, 0.5) is 5.00 Å². The van der Waals surface area contributed by atoms with E-state index in [1.807, 2.05) is 24.3 Å². The summed E-state index contributed by atoms with van der Waals surface area (Å²) in [6.45, 7) is 2.14. The number of aryl methyl sites for hydroxylation is 3. The fourth-order valence-electron chi connectivity index (χ4n) is 4.30. The molecule has 0 radical (unpaired) electrons. The van der Waals surface area contributed by atoms with Crippen LogP contribution in [0.25, 0.3) is 11.0 Å². The van der Waals surface area contributed by atoms with Crippen molar-refractivity contribution in [1.29, 1.82) is 0 Å². The lowest BCUT2D eigenvalue weighted by Gasteiger charge is -2.12. The summed E-state index contributed by atoms with van der Waals surface area (Å²) in [5, 5.41) is 3.04. The van der Waals surface area contributed by atoms with Gasteiger partial charge in [-0.3, -0.25) is 19.2 Å². The maximum Gasteiger partial charge on any atom is 0.306 e. The Kier molecular flexibility index (Phi) is 7.60. The molecule has 1 aliphatic rings. The number of ether oxygens (including phenoxy) is 1. The fourth-order valence-corrected chi connectivity index (χ4v) is 5.61. The standard InChI is InChI=1S/C25H28N4O5S/c1-2-3-13-29-18-9-5-4-8-16(18)27-17(25(29)33)11-12-21(31)34-14-20(30)28-24-22(23(26)32)15-7-6-10-19(15)35-24/h4-5,8-9H,2-3,6-7,10-14H2,1H3,(H2,26,32)(H,28,30). The normalized spacial score (nSPS) is 12.5. The summed E-state index contributed by atoms with van der Waals surface area (Å²) in [6.07, 6.45) is 4.41. The predicted octanol–water partition coefficient (Wildman–Crippen LogP) is 2.96. The second kappa shape index (κ2) is 10.8. The first-order valence-corrected chi connectivity index (χ1v) is 12.6. The summed E-state index contributed by atoms with van der Waals surface area (Å²) in [6, 6.07) is 7.42. The zero-order chi connectivity index (χ0) is 24.9. The molecule has 1 aromatic carbocycles. The summed E-state index contributed by atoms with van der Waals surface area (Å²) >= 11 is 1.34. The smallest absolute Gasteiger partial charge is 0.306 e. The number of nitrogens with two attached hydrogens (primary N) is 1.